The van der Waals surface area contributed by atoms with Gasteiger partial charge in [-0.1, -0.05) is 12.2 Å². The number of amides is 1. The summed E-state index contributed by atoms with van der Waals surface area (Å²) in [6.07, 6.45) is 6.25. The Balaban J connectivity index is 1.94. The van der Waals surface area contributed by atoms with Gasteiger partial charge in [0, 0.05) is 56.2 Å². The number of sulfonamides is 1. The summed E-state index contributed by atoms with van der Waals surface area (Å²) < 4.78 is 31.7. The largest absolute Gasteiger partial charge is 0.396 e. The number of aryl methyl sites for hydroxylation is 1. The minimum absolute atomic E-state index is 0.0449. The number of imidazole rings is 1. The Morgan fingerprint density at radius 2 is 2.12 bits per heavy atom. The van der Waals surface area contributed by atoms with E-state index in [9.17, 15) is 23.1 Å². The highest BCUT2D eigenvalue weighted by molar-refractivity contribution is 7.89. The molecule has 2 bridgehead atoms. The van der Waals surface area contributed by atoms with Crippen molar-refractivity contribution in [2.24, 2.45) is 18.9 Å². The van der Waals surface area contributed by atoms with Gasteiger partial charge in [-0.05, 0) is 26.0 Å². The standard InChI is InChI=1S/C21H27N5O5S/c1-4-6-13-7-8-15-19-18(20(28)22-5-2)14(11-27)16(9-25(15)21(13)29)26(19)32(30,31)17-10-24(3)12-23-17/h4,6-8,10,12,14,16,18-19,27H,5,9,11H2,1-3H3,(H,22,28)/b6-4-/t14-,16-,18+,19+/m1/s1. The van der Waals surface area contributed by atoms with Gasteiger partial charge in [0.1, 0.15) is 0 Å². The second kappa shape index (κ2) is 8.30. The number of rotatable bonds is 6. The molecular weight excluding hydrogens is 434 g/mol. The summed E-state index contributed by atoms with van der Waals surface area (Å²) in [6.45, 7) is 3.61. The van der Waals surface area contributed by atoms with Crippen LogP contribution in [0.4, 0.5) is 0 Å². The molecule has 2 aliphatic rings. The summed E-state index contributed by atoms with van der Waals surface area (Å²) in [5.74, 6) is -1.86. The lowest BCUT2D eigenvalue weighted by Gasteiger charge is -2.36. The third-order valence-electron chi connectivity index (χ3n) is 6.24. The first-order valence-corrected chi connectivity index (χ1v) is 12.0. The van der Waals surface area contributed by atoms with Crippen LogP contribution in [0.15, 0.2) is 40.6 Å². The Morgan fingerprint density at radius 3 is 2.72 bits per heavy atom. The molecule has 0 unspecified atom stereocenters. The van der Waals surface area contributed by atoms with Crippen LogP contribution < -0.4 is 10.9 Å². The number of hydrogen-bond acceptors (Lipinski definition) is 6. The van der Waals surface area contributed by atoms with Crippen LogP contribution in [0.3, 0.4) is 0 Å². The topological polar surface area (TPSA) is 127 Å². The van der Waals surface area contributed by atoms with Crippen molar-refractivity contribution in [3.8, 4) is 0 Å². The molecule has 32 heavy (non-hydrogen) atoms. The minimum Gasteiger partial charge on any atom is -0.396 e. The van der Waals surface area contributed by atoms with E-state index in [0.717, 1.165) is 0 Å². The number of aliphatic hydroxyl groups excluding tert-OH is 1. The maximum absolute atomic E-state index is 13.7. The van der Waals surface area contributed by atoms with E-state index in [4.69, 9.17) is 0 Å². The van der Waals surface area contributed by atoms with Crippen molar-refractivity contribution < 1.29 is 18.3 Å². The number of pyridine rings is 1. The summed E-state index contributed by atoms with van der Waals surface area (Å²) in [5, 5.41) is 12.9. The number of nitrogens with one attached hydrogen (secondary N) is 1. The maximum atomic E-state index is 13.7. The molecule has 11 heteroatoms. The van der Waals surface area contributed by atoms with Crippen molar-refractivity contribution in [1.29, 1.82) is 0 Å². The summed E-state index contributed by atoms with van der Waals surface area (Å²) in [6, 6.07) is 1.64. The van der Waals surface area contributed by atoms with E-state index < -0.39 is 33.9 Å². The Kier molecular flexibility index (Phi) is 5.82. The number of nitrogens with zero attached hydrogens (tertiary/aromatic N) is 4. The molecule has 2 N–H and O–H groups in total. The summed E-state index contributed by atoms with van der Waals surface area (Å²) in [4.78, 5) is 30.2. The number of aliphatic hydroxyl groups is 1. The predicted molar refractivity (Wildman–Crippen MR) is 117 cm³/mol. The van der Waals surface area contributed by atoms with Gasteiger partial charge in [0.25, 0.3) is 15.6 Å². The number of carbonyl (C=O) groups excluding carboxylic acids is 1. The molecule has 2 aliphatic heterocycles. The van der Waals surface area contributed by atoms with Crippen LogP contribution in [-0.2, 0) is 28.4 Å². The molecule has 4 rings (SSSR count). The Hall–Kier alpha value is -2.76. The van der Waals surface area contributed by atoms with Crippen LogP contribution in [0, 0.1) is 11.8 Å². The first-order valence-electron chi connectivity index (χ1n) is 10.5. The smallest absolute Gasteiger partial charge is 0.263 e. The molecule has 0 spiro atoms. The third-order valence-corrected chi connectivity index (χ3v) is 8.03. The Bertz CT molecular complexity index is 1230. The molecule has 0 saturated carbocycles. The predicted octanol–water partition coefficient (Wildman–Crippen LogP) is 0.104. The number of fused-ring (bicyclic) bond motifs is 4. The van der Waals surface area contributed by atoms with Gasteiger partial charge >= 0.3 is 0 Å². The molecule has 10 nitrogen and oxygen atoms in total. The first-order chi connectivity index (χ1) is 15.3. The molecule has 4 atom stereocenters. The second-order valence-corrected chi connectivity index (χ2v) is 9.91. The van der Waals surface area contributed by atoms with E-state index >= 15 is 0 Å². The summed E-state index contributed by atoms with van der Waals surface area (Å²) in [5.41, 5.74) is 0.664. The SMILES string of the molecule is C/C=C\c1ccc2n(c1=O)C[C@@H]1[C@@H](CO)[C@H](C(=O)NCC)[C@H]2N1S(=O)(=O)c1cn(C)cn1. The lowest BCUT2D eigenvalue weighted by Crippen LogP contribution is -2.49. The van der Waals surface area contributed by atoms with Crippen LogP contribution in [0.5, 0.6) is 0 Å². The van der Waals surface area contributed by atoms with Gasteiger partial charge < -0.3 is 19.6 Å². The molecule has 2 aromatic heterocycles. The Labute approximate surface area is 186 Å². The molecule has 1 saturated heterocycles. The zero-order valence-electron chi connectivity index (χ0n) is 18.2. The normalized spacial score (nSPS) is 25.2. The zero-order valence-corrected chi connectivity index (χ0v) is 19.0. The average molecular weight is 462 g/mol. The second-order valence-electron chi connectivity index (χ2n) is 8.12. The van der Waals surface area contributed by atoms with Gasteiger partial charge in [0.15, 0.2) is 5.03 Å². The quantitative estimate of drug-likeness (QED) is 0.629. The summed E-state index contributed by atoms with van der Waals surface area (Å²) >= 11 is 0. The molecule has 2 aromatic rings. The van der Waals surface area contributed by atoms with Gasteiger partial charge in [-0.2, -0.15) is 4.31 Å². The van der Waals surface area contributed by atoms with Crippen molar-refractivity contribution in [2.75, 3.05) is 13.2 Å². The number of carbonyl (C=O) groups is 1. The lowest BCUT2D eigenvalue weighted by molar-refractivity contribution is -0.127. The monoisotopic (exact) mass is 461 g/mol. The van der Waals surface area contributed by atoms with Crippen LogP contribution in [-0.4, -0.2) is 57.0 Å². The van der Waals surface area contributed by atoms with Crippen molar-refractivity contribution >= 4 is 22.0 Å². The van der Waals surface area contributed by atoms with Crippen molar-refractivity contribution in [3.63, 3.8) is 0 Å². The highest BCUT2D eigenvalue weighted by Gasteiger charge is 2.60. The fourth-order valence-corrected chi connectivity index (χ4v) is 6.74. The molecule has 0 aromatic carbocycles. The van der Waals surface area contributed by atoms with E-state index in [2.05, 4.69) is 10.3 Å². The fourth-order valence-electron chi connectivity index (χ4n) is 4.93. The zero-order chi connectivity index (χ0) is 23.2. The van der Waals surface area contributed by atoms with Gasteiger partial charge in [0.2, 0.25) is 5.91 Å². The van der Waals surface area contributed by atoms with Crippen LogP contribution in [0.25, 0.3) is 6.08 Å². The fraction of sp³-hybridized carbons (Fsp3) is 0.476. The van der Waals surface area contributed by atoms with E-state index in [-0.39, 0.29) is 29.6 Å². The number of hydrogen-bond donors (Lipinski definition) is 2. The number of aromatic nitrogens is 3. The van der Waals surface area contributed by atoms with E-state index in [1.54, 1.807) is 45.2 Å². The Morgan fingerprint density at radius 1 is 1.38 bits per heavy atom. The van der Waals surface area contributed by atoms with Crippen molar-refractivity contribution in [3.05, 3.63) is 52.3 Å². The van der Waals surface area contributed by atoms with E-state index in [0.29, 0.717) is 17.8 Å². The molecular formula is C21H27N5O5S. The average Bonchev–Trinajstić information content (AvgIpc) is 3.30. The van der Waals surface area contributed by atoms with Gasteiger partial charge in [-0.15, -0.1) is 0 Å². The van der Waals surface area contributed by atoms with E-state index in [1.807, 2.05) is 0 Å². The highest BCUT2D eigenvalue weighted by Crippen LogP contribution is 2.50. The molecule has 1 amide bonds. The van der Waals surface area contributed by atoms with Crippen molar-refractivity contribution in [1.82, 2.24) is 23.7 Å². The molecule has 0 aliphatic carbocycles. The van der Waals surface area contributed by atoms with Crippen LogP contribution in [0.1, 0.15) is 31.1 Å². The third kappa shape index (κ3) is 3.31. The molecule has 172 valence electrons. The lowest BCUT2D eigenvalue weighted by atomic mass is 9.86. The first kappa shape index (κ1) is 22.4. The molecule has 0 radical (unpaired) electrons. The van der Waals surface area contributed by atoms with Crippen molar-refractivity contribution in [2.45, 2.75) is 37.5 Å². The van der Waals surface area contributed by atoms with Gasteiger partial charge in [-0.3, -0.25) is 9.59 Å². The van der Waals surface area contributed by atoms with E-state index in [1.165, 1.54) is 26.0 Å². The highest BCUT2D eigenvalue weighted by atomic mass is 32.2. The van der Waals surface area contributed by atoms with Crippen LogP contribution in [0.2, 0.25) is 0 Å². The number of allylic oxidation sites excluding steroid dienone is 1. The minimum atomic E-state index is -4.10. The van der Waals surface area contributed by atoms with Gasteiger partial charge in [0.05, 0.1) is 18.3 Å². The summed E-state index contributed by atoms with van der Waals surface area (Å²) in [7, 11) is -2.43. The van der Waals surface area contributed by atoms with Crippen LogP contribution >= 0.6 is 0 Å². The molecule has 1 fully saturated rings. The van der Waals surface area contributed by atoms with Gasteiger partial charge in [-0.25, -0.2) is 13.4 Å². The maximum Gasteiger partial charge on any atom is 0.263 e. The molecule has 4 heterocycles.